The minimum atomic E-state index is -0.273. The molecule has 0 bridgehead atoms. The highest BCUT2D eigenvalue weighted by atomic mass is 32.1. The molecule has 1 saturated heterocycles. The molecular formula is C27H28FN3O3S. The molecule has 8 heteroatoms. The van der Waals surface area contributed by atoms with E-state index < -0.39 is 0 Å². The van der Waals surface area contributed by atoms with Gasteiger partial charge in [0.25, 0.3) is 0 Å². The normalized spacial score (nSPS) is 13.7. The molecule has 1 N–H and O–H groups in total. The number of likely N-dealkylation sites (N-methyl/N-ethyl adjacent to an activating group) is 1. The van der Waals surface area contributed by atoms with Gasteiger partial charge in [-0.05, 0) is 67.1 Å². The van der Waals surface area contributed by atoms with Crippen molar-refractivity contribution in [2.24, 2.45) is 0 Å². The van der Waals surface area contributed by atoms with Gasteiger partial charge in [-0.2, -0.15) is 0 Å². The zero-order valence-electron chi connectivity index (χ0n) is 19.6. The predicted molar refractivity (Wildman–Crippen MR) is 139 cm³/mol. The summed E-state index contributed by atoms with van der Waals surface area (Å²) in [4.78, 5) is 30.9. The van der Waals surface area contributed by atoms with Crippen LogP contribution in [0.3, 0.4) is 0 Å². The standard InChI is InChI=1S/C27H28FN3O3S/c1-2-30(19-26(32)29-22-7-9-23(10-8-22)31-15-17-34-18-16-31)27(33)14-12-24-11-13-25(35-24)20-3-5-21(28)6-4-20/h3-14H,2,15-19H2,1H3,(H,29,32)/b14-12+. The van der Waals surface area contributed by atoms with Gasteiger partial charge < -0.3 is 19.9 Å². The highest BCUT2D eigenvalue weighted by Gasteiger charge is 2.15. The number of carbonyl (C=O) groups excluding carboxylic acids is 2. The maximum atomic E-state index is 13.1. The number of hydrogen-bond acceptors (Lipinski definition) is 5. The van der Waals surface area contributed by atoms with Crippen molar-refractivity contribution in [3.63, 3.8) is 0 Å². The summed E-state index contributed by atoms with van der Waals surface area (Å²) in [5.74, 6) is -0.755. The lowest BCUT2D eigenvalue weighted by Crippen LogP contribution is -2.37. The van der Waals surface area contributed by atoms with Crippen molar-refractivity contribution in [1.82, 2.24) is 4.90 Å². The molecule has 182 valence electrons. The molecule has 1 aliphatic heterocycles. The Balaban J connectivity index is 1.30. The van der Waals surface area contributed by atoms with E-state index in [0.29, 0.717) is 12.2 Å². The number of hydrogen-bond donors (Lipinski definition) is 1. The van der Waals surface area contributed by atoms with Gasteiger partial charge in [0.05, 0.1) is 13.2 Å². The van der Waals surface area contributed by atoms with Gasteiger partial charge in [0.2, 0.25) is 11.8 Å². The van der Waals surface area contributed by atoms with Gasteiger partial charge in [-0.1, -0.05) is 12.1 Å². The van der Waals surface area contributed by atoms with Gasteiger partial charge in [-0.3, -0.25) is 9.59 Å². The zero-order chi connectivity index (χ0) is 24.6. The number of amides is 2. The Bertz CT molecular complexity index is 1170. The molecule has 0 unspecified atom stereocenters. The third kappa shape index (κ3) is 6.77. The van der Waals surface area contributed by atoms with Gasteiger partial charge in [-0.25, -0.2) is 4.39 Å². The van der Waals surface area contributed by atoms with E-state index in [1.165, 1.54) is 34.4 Å². The molecule has 0 spiro atoms. The monoisotopic (exact) mass is 493 g/mol. The number of ether oxygens (including phenoxy) is 1. The lowest BCUT2D eigenvalue weighted by Gasteiger charge is -2.29. The van der Waals surface area contributed by atoms with E-state index in [1.807, 2.05) is 43.3 Å². The molecule has 2 amide bonds. The van der Waals surface area contributed by atoms with Crippen LogP contribution in [0.25, 0.3) is 16.5 Å². The van der Waals surface area contributed by atoms with Crippen LogP contribution < -0.4 is 10.2 Å². The van der Waals surface area contributed by atoms with Crippen molar-refractivity contribution < 1.29 is 18.7 Å². The fourth-order valence-electron chi connectivity index (χ4n) is 3.77. The smallest absolute Gasteiger partial charge is 0.247 e. The second-order valence-corrected chi connectivity index (χ2v) is 9.20. The molecule has 0 radical (unpaired) electrons. The molecule has 2 aromatic carbocycles. The second kappa shape index (κ2) is 11.8. The minimum Gasteiger partial charge on any atom is -0.378 e. The Hall–Kier alpha value is -3.49. The molecule has 0 aliphatic carbocycles. The third-order valence-electron chi connectivity index (χ3n) is 5.70. The number of nitrogens with zero attached hydrogens (tertiary/aromatic N) is 2. The van der Waals surface area contributed by atoms with Crippen LogP contribution in [0, 0.1) is 5.82 Å². The Morgan fingerprint density at radius 1 is 1.06 bits per heavy atom. The molecule has 4 rings (SSSR count). The van der Waals surface area contributed by atoms with Crippen molar-refractivity contribution in [2.45, 2.75) is 6.92 Å². The number of morpholine rings is 1. The average molecular weight is 494 g/mol. The molecule has 0 saturated carbocycles. The predicted octanol–water partition coefficient (Wildman–Crippen LogP) is 4.89. The molecule has 6 nitrogen and oxygen atoms in total. The summed E-state index contributed by atoms with van der Waals surface area (Å²) in [5, 5.41) is 2.87. The van der Waals surface area contributed by atoms with Gasteiger partial charge >= 0.3 is 0 Å². The largest absolute Gasteiger partial charge is 0.378 e. The fraction of sp³-hybridized carbons (Fsp3) is 0.259. The van der Waals surface area contributed by atoms with Crippen LogP contribution in [-0.2, 0) is 14.3 Å². The van der Waals surface area contributed by atoms with E-state index >= 15 is 0 Å². The van der Waals surface area contributed by atoms with Crippen LogP contribution in [0.4, 0.5) is 15.8 Å². The van der Waals surface area contributed by atoms with Gasteiger partial charge in [0.15, 0.2) is 0 Å². The minimum absolute atomic E-state index is 0.0316. The maximum Gasteiger partial charge on any atom is 0.247 e. The fourth-order valence-corrected chi connectivity index (χ4v) is 4.68. The highest BCUT2D eigenvalue weighted by molar-refractivity contribution is 7.16. The van der Waals surface area contributed by atoms with Crippen LogP contribution in [0.1, 0.15) is 11.8 Å². The SMILES string of the molecule is CCN(CC(=O)Nc1ccc(N2CCOCC2)cc1)C(=O)/C=C/c1ccc(-c2ccc(F)cc2)s1. The van der Waals surface area contributed by atoms with Crippen LogP contribution in [-0.4, -0.2) is 56.1 Å². The topological polar surface area (TPSA) is 61.9 Å². The maximum absolute atomic E-state index is 13.1. The first kappa shape index (κ1) is 24.6. The number of halogens is 1. The molecule has 35 heavy (non-hydrogen) atoms. The Labute approximate surface area is 208 Å². The molecule has 1 aromatic heterocycles. The first-order chi connectivity index (χ1) is 17.0. The molecule has 0 atom stereocenters. The number of carbonyl (C=O) groups is 2. The summed E-state index contributed by atoms with van der Waals surface area (Å²) in [5.41, 5.74) is 2.71. The van der Waals surface area contributed by atoms with Crippen molar-refractivity contribution in [3.05, 3.63) is 77.4 Å². The Morgan fingerprint density at radius 3 is 2.46 bits per heavy atom. The van der Waals surface area contributed by atoms with Crippen molar-refractivity contribution in [1.29, 1.82) is 0 Å². The van der Waals surface area contributed by atoms with E-state index in [0.717, 1.165) is 47.3 Å². The van der Waals surface area contributed by atoms with Crippen LogP contribution in [0.15, 0.2) is 66.7 Å². The van der Waals surface area contributed by atoms with E-state index in [-0.39, 0.29) is 24.2 Å². The van der Waals surface area contributed by atoms with E-state index in [2.05, 4.69) is 10.2 Å². The number of thiophene rings is 1. The molecule has 2 heterocycles. The Morgan fingerprint density at radius 2 is 1.77 bits per heavy atom. The van der Waals surface area contributed by atoms with E-state index in [1.54, 1.807) is 18.2 Å². The number of anilines is 2. The van der Waals surface area contributed by atoms with Crippen LogP contribution in [0.5, 0.6) is 0 Å². The molecule has 3 aromatic rings. The summed E-state index contributed by atoms with van der Waals surface area (Å²) in [6, 6.07) is 17.9. The summed E-state index contributed by atoms with van der Waals surface area (Å²) in [6.07, 6.45) is 3.22. The quantitative estimate of drug-likeness (QED) is 0.454. The first-order valence-electron chi connectivity index (χ1n) is 11.6. The third-order valence-corrected chi connectivity index (χ3v) is 6.80. The lowest BCUT2D eigenvalue weighted by molar-refractivity contribution is -0.130. The van der Waals surface area contributed by atoms with Gasteiger partial charge in [-0.15, -0.1) is 11.3 Å². The summed E-state index contributed by atoms with van der Waals surface area (Å²) < 4.78 is 18.5. The highest BCUT2D eigenvalue weighted by Crippen LogP contribution is 2.29. The van der Waals surface area contributed by atoms with Crippen LogP contribution >= 0.6 is 11.3 Å². The molecule has 1 fully saturated rings. The average Bonchev–Trinajstić information content (AvgIpc) is 3.36. The number of rotatable bonds is 8. The molecular weight excluding hydrogens is 465 g/mol. The van der Waals surface area contributed by atoms with Gasteiger partial charge in [0, 0.05) is 46.8 Å². The van der Waals surface area contributed by atoms with E-state index in [4.69, 9.17) is 4.74 Å². The second-order valence-electron chi connectivity index (χ2n) is 8.09. The number of nitrogens with one attached hydrogen (secondary N) is 1. The number of benzene rings is 2. The Kier molecular flexibility index (Phi) is 8.28. The summed E-state index contributed by atoms with van der Waals surface area (Å²) >= 11 is 1.51. The van der Waals surface area contributed by atoms with Crippen LogP contribution in [0.2, 0.25) is 0 Å². The zero-order valence-corrected chi connectivity index (χ0v) is 20.4. The van der Waals surface area contributed by atoms with Crippen molar-refractivity contribution in [2.75, 3.05) is 49.6 Å². The molecule has 1 aliphatic rings. The summed E-state index contributed by atoms with van der Waals surface area (Å²) in [6.45, 7) is 5.37. The van der Waals surface area contributed by atoms with Crippen molar-refractivity contribution >= 4 is 40.6 Å². The van der Waals surface area contributed by atoms with E-state index in [9.17, 15) is 14.0 Å². The van der Waals surface area contributed by atoms with Crippen molar-refractivity contribution in [3.8, 4) is 10.4 Å². The first-order valence-corrected chi connectivity index (χ1v) is 12.4. The van der Waals surface area contributed by atoms with Gasteiger partial charge in [0.1, 0.15) is 12.4 Å². The lowest BCUT2D eigenvalue weighted by atomic mass is 10.2. The summed E-state index contributed by atoms with van der Waals surface area (Å²) in [7, 11) is 0.